The average Bonchev–Trinajstić information content (AvgIpc) is 3.12. The summed E-state index contributed by atoms with van der Waals surface area (Å²) >= 11 is 0. The maximum absolute atomic E-state index is 9.64. The highest BCUT2D eigenvalue weighted by Gasteiger charge is 2.27. The Bertz CT molecular complexity index is 687. The number of hydrogen-bond donors (Lipinski definition) is 2. The summed E-state index contributed by atoms with van der Waals surface area (Å²) in [5.74, 6) is 2.23. The number of rotatable bonds is 5. The summed E-state index contributed by atoms with van der Waals surface area (Å²) in [6.45, 7) is 4.60. The van der Waals surface area contributed by atoms with Gasteiger partial charge in [-0.25, -0.2) is 0 Å². The van der Waals surface area contributed by atoms with Gasteiger partial charge in [0, 0.05) is 24.7 Å². The predicted octanol–water partition coefficient (Wildman–Crippen LogP) is 1.77. The van der Waals surface area contributed by atoms with Crippen LogP contribution in [-0.2, 0) is 13.0 Å². The Kier molecular flexibility index (Phi) is 5.62. The number of benzene rings is 1. The van der Waals surface area contributed by atoms with E-state index in [0.717, 1.165) is 30.5 Å². The van der Waals surface area contributed by atoms with Crippen LogP contribution in [0.4, 0.5) is 0 Å². The van der Waals surface area contributed by atoms with Crippen molar-refractivity contribution in [2.24, 2.45) is 5.92 Å². The molecule has 2 N–H and O–H groups in total. The highest BCUT2D eigenvalue weighted by Crippen LogP contribution is 2.25. The molecule has 1 aromatic carbocycles. The number of aliphatic hydroxyl groups excluding tert-OH is 1. The Morgan fingerprint density at radius 3 is 2.50 bits per heavy atom. The molecule has 0 radical (unpaired) electrons. The van der Waals surface area contributed by atoms with Crippen LogP contribution in [0.15, 0.2) is 30.3 Å². The molecule has 0 saturated carbocycles. The molecule has 2 fully saturated rings. The molecule has 6 nitrogen and oxygen atoms in total. The second-order valence-corrected chi connectivity index (χ2v) is 7.55. The van der Waals surface area contributed by atoms with E-state index in [1.165, 1.54) is 45.3 Å². The van der Waals surface area contributed by atoms with Crippen LogP contribution in [-0.4, -0.2) is 57.0 Å². The molecular formula is C20H29N5O. The molecule has 0 spiro atoms. The van der Waals surface area contributed by atoms with Crippen molar-refractivity contribution in [2.75, 3.05) is 26.2 Å². The van der Waals surface area contributed by atoms with Crippen LogP contribution in [0.1, 0.15) is 37.3 Å². The minimum atomic E-state index is -0.0883. The van der Waals surface area contributed by atoms with Gasteiger partial charge in [0.2, 0.25) is 0 Å². The average molecular weight is 355 g/mol. The molecular weight excluding hydrogens is 326 g/mol. The number of nitrogens with zero attached hydrogens (tertiary/aromatic N) is 4. The van der Waals surface area contributed by atoms with E-state index < -0.39 is 0 Å². The smallest absolute Gasteiger partial charge is 0.163 e. The van der Waals surface area contributed by atoms with Crippen LogP contribution in [0, 0.1) is 5.92 Å². The Balaban J connectivity index is 1.42. The van der Waals surface area contributed by atoms with Crippen molar-refractivity contribution in [2.45, 2.75) is 44.8 Å². The predicted molar refractivity (Wildman–Crippen MR) is 101 cm³/mol. The Labute approximate surface area is 155 Å². The largest absolute Gasteiger partial charge is 0.388 e. The van der Waals surface area contributed by atoms with E-state index in [4.69, 9.17) is 0 Å². The summed E-state index contributed by atoms with van der Waals surface area (Å²) < 4.78 is 2.03. The Hall–Kier alpha value is -1.76. The SMILES string of the molecule is OCc1nnc(CC2CCN([C@H]3CCCNC3)CC2)n1-c1ccccc1. The quantitative estimate of drug-likeness (QED) is 0.856. The van der Waals surface area contributed by atoms with Gasteiger partial charge in [0.05, 0.1) is 0 Å². The van der Waals surface area contributed by atoms with Crippen LogP contribution in [0.25, 0.3) is 5.69 Å². The lowest BCUT2D eigenvalue weighted by Crippen LogP contribution is -2.49. The first-order chi connectivity index (χ1) is 12.8. The lowest BCUT2D eigenvalue weighted by molar-refractivity contribution is 0.113. The molecule has 6 heteroatoms. The van der Waals surface area contributed by atoms with Gasteiger partial charge >= 0.3 is 0 Å². The van der Waals surface area contributed by atoms with Crippen LogP contribution < -0.4 is 5.32 Å². The van der Waals surface area contributed by atoms with Crippen molar-refractivity contribution in [1.82, 2.24) is 25.0 Å². The van der Waals surface area contributed by atoms with Gasteiger partial charge in [-0.2, -0.15) is 0 Å². The van der Waals surface area contributed by atoms with Gasteiger partial charge in [-0.1, -0.05) is 18.2 Å². The van der Waals surface area contributed by atoms with Crippen LogP contribution in [0.3, 0.4) is 0 Å². The van der Waals surface area contributed by atoms with E-state index >= 15 is 0 Å². The van der Waals surface area contributed by atoms with Crippen molar-refractivity contribution in [3.63, 3.8) is 0 Å². The summed E-state index contributed by atoms with van der Waals surface area (Å²) in [7, 11) is 0. The summed E-state index contributed by atoms with van der Waals surface area (Å²) in [5.41, 5.74) is 1.03. The molecule has 140 valence electrons. The lowest BCUT2D eigenvalue weighted by Gasteiger charge is -2.39. The van der Waals surface area contributed by atoms with E-state index in [1.54, 1.807) is 0 Å². The van der Waals surface area contributed by atoms with Gasteiger partial charge < -0.3 is 10.4 Å². The fourth-order valence-corrected chi connectivity index (χ4v) is 4.39. The normalized spacial score (nSPS) is 22.6. The maximum Gasteiger partial charge on any atom is 0.163 e. The first-order valence-corrected chi connectivity index (χ1v) is 9.89. The lowest BCUT2D eigenvalue weighted by atomic mass is 9.91. The van der Waals surface area contributed by atoms with Gasteiger partial charge in [0.1, 0.15) is 12.4 Å². The summed E-state index contributed by atoms with van der Waals surface area (Å²) in [6.07, 6.45) is 5.99. The molecule has 0 aliphatic carbocycles. The third-order valence-electron chi connectivity index (χ3n) is 5.86. The number of aromatic nitrogens is 3. The molecule has 0 unspecified atom stereocenters. The number of piperidine rings is 2. The van der Waals surface area contributed by atoms with Crippen molar-refractivity contribution in [1.29, 1.82) is 0 Å². The van der Waals surface area contributed by atoms with E-state index in [9.17, 15) is 5.11 Å². The first kappa shape index (κ1) is 17.6. The summed E-state index contributed by atoms with van der Waals surface area (Å²) in [4.78, 5) is 2.67. The number of nitrogens with one attached hydrogen (secondary N) is 1. The number of likely N-dealkylation sites (tertiary alicyclic amines) is 1. The van der Waals surface area contributed by atoms with E-state index in [2.05, 4.69) is 20.4 Å². The number of aliphatic hydroxyl groups is 1. The molecule has 0 bridgehead atoms. The molecule has 3 heterocycles. The molecule has 2 saturated heterocycles. The zero-order valence-corrected chi connectivity index (χ0v) is 15.3. The monoisotopic (exact) mass is 355 g/mol. The Morgan fingerprint density at radius 2 is 1.81 bits per heavy atom. The second kappa shape index (κ2) is 8.29. The van der Waals surface area contributed by atoms with Gasteiger partial charge in [-0.05, 0) is 63.4 Å². The molecule has 1 atom stereocenters. The number of hydrogen-bond acceptors (Lipinski definition) is 5. The van der Waals surface area contributed by atoms with Gasteiger partial charge in [-0.15, -0.1) is 10.2 Å². The fourth-order valence-electron chi connectivity index (χ4n) is 4.39. The van der Waals surface area contributed by atoms with Gasteiger partial charge in [-0.3, -0.25) is 9.47 Å². The highest BCUT2D eigenvalue weighted by atomic mass is 16.3. The van der Waals surface area contributed by atoms with Crippen LogP contribution in [0.5, 0.6) is 0 Å². The van der Waals surface area contributed by atoms with Crippen molar-refractivity contribution in [3.8, 4) is 5.69 Å². The van der Waals surface area contributed by atoms with Crippen molar-refractivity contribution in [3.05, 3.63) is 42.0 Å². The van der Waals surface area contributed by atoms with Crippen LogP contribution >= 0.6 is 0 Å². The third kappa shape index (κ3) is 3.82. The Morgan fingerprint density at radius 1 is 1.04 bits per heavy atom. The third-order valence-corrected chi connectivity index (χ3v) is 5.86. The minimum absolute atomic E-state index is 0.0883. The topological polar surface area (TPSA) is 66.2 Å². The molecule has 4 rings (SSSR count). The molecule has 2 aliphatic rings. The summed E-state index contributed by atoms with van der Waals surface area (Å²) in [6, 6.07) is 10.8. The zero-order valence-electron chi connectivity index (χ0n) is 15.3. The van der Waals surface area contributed by atoms with Gasteiger partial charge in [0.25, 0.3) is 0 Å². The zero-order chi connectivity index (χ0) is 17.8. The maximum atomic E-state index is 9.64. The second-order valence-electron chi connectivity index (χ2n) is 7.55. The molecule has 0 amide bonds. The highest BCUT2D eigenvalue weighted by molar-refractivity contribution is 5.34. The summed E-state index contributed by atoms with van der Waals surface area (Å²) in [5, 5.41) is 21.8. The van der Waals surface area contributed by atoms with E-state index in [0.29, 0.717) is 11.7 Å². The molecule has 26 heavy (non-hydrogen) atoms. The van der Waals surface area contributed by atoms with Crippen LogP contribution in [0.2, 0.25) is 0 Å². The van der Waals surface area contributed by atoms with E-state index in [-0.39, 0.29) is 6.61 Å². The number of para-hydroxylation sites is 1. The van der Waals surface area contributed by atoms with E-state index in [1.807, 2.05) is 34.9 Å². The van der Waals surface area contributed by atoms with Crippen molar-refractivity contribution < 1.29 is 5.11 Å². The first-order valence-electron chi connectivity index (χ1n) is 9.89. The minimum Gasteiger partial charge on any atom is -0.388 e. The molecule has 2 aliphatic heterocycles. The van der Waals surface area contributed by atoms with Crippen molar-refractivity contribution >= 4 is 0 Å². The standard InChI is InChI=1S/C20H29N5O/c26-15-20-23-22-19(25(20)17-5-2-1-3-6-17)13-16-8-11-24(12-9-16)18-7-4-10-21-14-18/h1-3,5-6,16,18,21,26H,4,7-15H2/t18-/m0/s1. The molecule has 1 aromatic heterocycles. The fraction of sp³-hybridized carbons (Fsp3) is 0.600. The molecule has 2 aromatic rings. The van der Waals surface area contributed by atoms with Gasteiger partial charge in [0.15, 0.2) is 5.82 Å².